The van der Waals surface area contributed by atoms with E-state index in [9.17, 15) is 9.50 Å². The molecule has 0 aromatic carbocycles. The summed E-state index contributed by atoms with van der Waals surface area (Å²) in [7, 11) is 3.17. The predicted molar refractivity (Wildman–Crippen MR) is 62.6 cm³/mol. The van der Waals surface area contributed by atoms with E-state index in [1.807, 2.05) is 0 Å². The molecule has 0 amide bonds. The second-order valence-electron chi connectivity index (χ2n) is 4.15. The average Bonchev–Trinajstić information content (AvgIpc) is 2.71. The van der Waals surface area contributed by atoms with Crippen LogP contribution in [0.4, 0.5) is 4.39 Å². The number of hydrogen-bond acceptors (Lipinski definition) is 4. The first-order valence-electron chi connectivity index (χ1n) is 5.36. The first kappa shape index (κ1) is 12.5. The molecular weight excluding hydrogens is 237 g/mol. The molecule has 0 bridgehead atoms. The summed E-state index contributed by atoms with van der Waals surface area (Å²) < 4.78 is 19.8. The molecule has 0 radical (unpaired) electrons. The Morgan fingerprint density at radius 3 is 2.72 bits per heavy atom. The molecular formula is C12H14FN3O2. The summed E-state index contributed by atoms with van der Waals surface area (Å²) in [5, 5.41) is 14.6. The Morgan fingerprint density at radius 1 is 1.39 bits per heavy atom. The molecule has 0 aliphatic rings. The zero-order chi connectivity index (χ0) is 13.3. The van der Waals surface area contributed by atoms with Gasteiger partial charge in [0.2, 0.25) is 0 Å². The predicted octanol–water partition coefficient (Wildman–Crippen LogP) is 1.22. The van der Waals surface area contributed by atoms with Gasteiger partial charge in [-0.1, -0.05) is 0 Å². The van der Waals surface area contributed by atoms with Crippen molar-refractivity contribution in [2.24, 2.45) is 7.05 Å². The minimum absolute atomic E-state index is 0.337. The Bertz CT molecular complexity index is 566. The maximum atomic E-state index is 13.2. The van der Waals surface area contributed by atoms with Crippen LogP contribution in [0.15, 0.2) is 24.7 Å². The van der Waals surface area contributed by atoms with E-state index >= 15 is 0 Å². The number of ether oxygens (including phenoxy) is 1. The molecule has 2 aromatic heterocycles. The lowest BCUT2D eigenvalue weighted by molar-refractivity contribution is 0.0889. The van der Waals surface area contributed by atoms with Crippen LogP contribution in [0.25, 0.3) is 0 Å². The molecule has 0 aliphatic carbocycles. The second-order valence-corrected chi connectivity index (χ2v) is 4.15. The van der Waals surface area contributed by atoms with Gasteiger partial charge in [0.1, 0.15) is 17.1 Å². The number of aromatic nitrogens is 3. The van der Waals surface area contributed by atoms with Crippen molar-refractivity contribution in [3.8, 4) is 5.75 Å². The fourth-order valence-electron chi connectivity index (χ4n) is 1.94. The minimum atomic E-state index is -1.44. The monoisotopic (exact) mass is 251 g/mol. The molecule has 0 saturated heterocycles. The highest BCUT2D eigenvalue weighted by Gasteiger charge is 2.33. The lowest BCUT2D eigenvalue weighted by Gasteiger charge is -2.24. The number of rotatable bonds is 3. The summed E-state index contributed by atoms with van der Waals surface area (Å²) in [6.45, 7) is 1.54. The Balaban J connectivity index is 2.57. The first-order valence-corrected chi connectivity index (χ1v) is 5.36. The van der Waals surface area contributed by atoms with E-state index in [0.29, 0.717) is 17.0 Å². The van der Waals surface area contributed by atoms with Crippen LogP contribution >= 0.6 is 0 Å². The highest BCUT2D eigenvalue weighted by molar-refractivity contribution is 5.38. The van der Waals surface area contributed by atoms with Crippen molar-refractivity contribution in [3.05, 3.63) is 41.7 Å². The minimum Gasteiger partial charge on any atom is -0.493 e. The van der Waals surface area contributed by atoms with Crippen molar-refractivity contribution >= 4 is 0 Å². The third kappa shape index (κ3) is 1.95. The van der Waals surface area contributed by atoms with Crippen LogP contribution in [0.5, 0.6) is 5.75 Å². The van der Waals surface area contributed by atoms with Crippen LogP contribution in [0, 0.1) is 5.82 Å². The van der Waals surface area contributed by atoms with Crippen LogP contribution in [0.2, 0.25) is 0 Å². The van der Waals surface area contributed by atoms with Gasteiger partial charge in [0.05, 0.1) is 19.5 Å². The molecule has 0 aliphatic heterocycles. The van der Waals surface area contributed by atoms with Gasteiger partial charge in [-0.2, -0.15) is 5.10 Å². The fraction of sp³-hybridized carbons (Fsp3) is 0.333. The summed E-state index contributed by atoms with van der Waals surface area (Å²) in [5.41, 5.74) is -0.659. The maximum Gasteiger partial charge on any atom is 0.163 e. The zero-order valence-electron chi connectivity index (χ0n) is 10.4. The second kappa shape index (κ2) is 4.38. The Labute approximate surface area is 104 Å². The average molecular weight is 251 g/mol. The van der Waals surface area contributed by atoms with E-state index in [-0.39, 0.29) is 0 Å². The largest absolute Gasteiger partial charge is 0.493 e. The van der Waals surface area contributed by atoms with E-state index in [4.69, 9.17) is 4.74 Å². The molecule has 1 unspecified atom stereocenters. The number of hydrogen-bond donors (Lipinski definition) is 1. The number of nitrogens with zero attached hydrogens (tertiary/aromatic N) is 3. The Morgan fingerprint density at radius 2 is 2.11 bits per heavy atom. The van der Waals surface area contributed by atoms with Crippen molar-refractivity contribution in [2.45, 2.75) is 12.5 Å². The molecule has 2 aromatic rings. The van der Waals surface area contributed by atoms with Crippen LogP contribution < -0.4 is 4.74 Å². The van der Waals surface area contributed by atoms with Gasteiger partial charge < -0.3 is 9.84 Å². The molecule has 2 heterocycles. The summed E-state index contributed by atoms with van der Waals surface area (Å²) in [6.07, 6.45) is 3.99. The third-order valence-electron chi connectivity index (χ3n) is 2.85. The number of aliphatic hydroxyl groups is 1. The van der Waals surface area contributed by atoms with Crippen LogP contribution in [-0.2, 0) is 12.6 Å². The van der Waals surface area contributed by atoms with Crippen LogP contribution in [0.1, 0.15) is 18.2 Å². The van der Waals surface area contributed by atoms with Gasteiger partial charge in [0, 0.05) is 18.8 Å². The molecule has 6 heteroatoms. The number of pyridine rings is 1. The lowest BCUT2D eigenvalue weighted by atomic mass is 9.93. The van der Waals surface area contributed by atoms with Crippen LogP contribution in [0.3, 0.4) is 0 Å². The molecule has 0 fully saturated rings. The number of aryl methyl sites for hydroxylation is 1. The van der Waals surface area contributed by atoms with Gasteiger partial charge in [-0.15, -0.1) is 0 Å². The van der Waals surface area contributed by atoms with E-state index in [1.165, 1.54) is 30.3 Å². The molecule has 1 atom stereocenters. The van der Waals surface area contributed by atoms with Crippen molar-refractivity contribution in [3.63, 3.8) is 0 Å². The molecule has 2 rings (SSSR count). The SMILES string of the molecule is COc1cnn(C)c1C(C)(O)c1cncc(F)c1. The van der Waals surface area contributed by atoms with Crippen LogP contribution in [-0.4, -0.2) is 27.0 Å². The lowest BCUT2D eigenvalue weighted by Crippen LogP contribution is -2.27. The zero-order valence-corrected chi connectivity index (χ0v) is 10.4. The fourth-order valence-corrected chi connectivity index (χ4v) is 1.94. The smallest absolute Gasteiger partial charge is 0.163 e. The summed E-state index contributed by atoms with van der Waals surface area (Å²) in [5.74, 6) is -0.0688. The van der Waals surface area contributed by atoms with Gasteiger partial charge in [-0.3, -0.25) is 9.67 Å². The van der Waals surface area contributed by atoms with Crippen molar-refractivity contribution in [1.29, 1.82) is 0 Å². The Kier molecular flexibility index (Phi) is 3.04. The number of methoxy groups -OCH3 is 1. The molecule has 0 spiro atoms. The summed E-state index contributed by atoms with van der Waals surface area (Å²) in [6, 6.07) is 1.24. The molecule has 96 valence electrons. The third-order valence-corrected chi connectivity index (χ3v) is 2.85. The molecule has 1 N–H and O–H groups in total. The van der Waals surface area contributed by atoms with E-state index in [2.05, 4.69) is 10.1 Å². The molecule has 5 nitrogen and oxygen atoms in total. The quantitative estimate of drug-likeness (QED) is 0.891. The molecule has 0 saturated carbocycles. The maximum absolute atomic E-state index is 13.2. The highest BCUT2D eigenvalue weighted by atomic mass is 19.1. The standard InChI is InChI=1S/C12H14FN3O2/c1-12(17,8-4-9(13)6-14-5-8)11-10(18-3)7-15-16(11)2/h4-7,17H,1-3H3. The summed E-state index contributed by atoms with van der Waals surface area (Å²) in [4.78, 5) is 3.74. The van der Waals surface area contributed by atoms with Gasteiger partial charge in [-0.05, 0) is 13.0 Å². The van der Waals surface area contributed by atoms with E-state index < -0.39 is 11.4 Å². The van der Waals surface area contributed by atoms with E-state index in [1.54, 1.807) is 14.0 Å². The Hall–Kier alpha value is -1.95. The van der Waals surface area contributed by atoms with Gasteiger partial charge in [0.25, 0.3) is 0 Å². The number of halogens is 1. The van der Waals surface area contributed by atoms with Crippen molar-refractivity contribution in [2.75, 3.05) is 7.11 Å². The van der Waals surface area contributed by atoms with Gasteiger partial charge in [0.15, 0.2) is 5.75 Å². The summed E-state index contributed by atoms with van der Waals surface area (Å²) >= 11 is 0. The van der Waals surface area contributed by atoms with Crippen molar-refractivity contribution < 1.29 is 14.2 Å². The molecule has 18 heavy (non-hydrogen) atoms. The highest BCUT2D eigenvalue weighted by Crippen LogP contribution is 2.34. The van der Waals surface area contributed by atoms with Crippen molar-refractivity contribution in [1.82, 2.24) is 14.8 Å². The topological polar surface area (TPSA) is 60.2 Å². The normalized spacial score (nSPS) is 14.3. The van der Waals surface area contributed by atoms with E-state index in [0.717, 1.165) is 6.20 Å². The first-order chi connectivity index (χ1) is 8.46. The van der Waals surface area contributed by atoms with Gasteiger partial charge in [-0.25, -0.2) is 4.39 Å². The van der Waals surface area contributed by atoms with Gasteiger partial charge >= 0.3 is 0 Å².